The van der Waals surface area contributed by atoms with Crippen molar-refractivity contribution < 1.29 is 4.57 Å². The largest absolute Gasteiger partial charge is 0.288 e. The molecule has 1 aromatic heterocycles. The monoisotopic (exact) mass is 201 g/mol. The van der Waals surface area contributed by atoms with Crippen molar-refractivity contribution in [1.82, 2.24) is 4.57 Å². The van der Waals surface area contributed by atoms with Gasteiger partial charge in [-0.2, -0.15) is 0 Å². The highest BCUT2D eigenvalue weighted by atomic mass is 15.1. The number of aromatic nitrogens is 2. The molecule has 0 radical (unpaired) electrons. The van der Waals surface area contributed by atoms with Crippen LogP contribution in [0.5, 0.6) is 0 Å². The fraction of sp³-hybridized carbons (Fsp3) is 0.308. The van der Waals surface area contributed by atoms with Gasteiger partial charge in [0.1, 0.15) is 12.4 Å². The molecule has 0 aliphatic rings. The quantitative estimate of drug-likeness (QED) is 0.658. The van der Waals surface area contributed by atoms with E-state index in [0.29, 0.717) is 0 Å². The Morgan fingerprint density at radius 3 is 2.60 bits per heavy atom. The van der Waals surface area contributed by atoms with E-state index in [1.807, 2.05) is 0 Å². The summed E-state index contributed by atoms with van der Waals surface area (Å²) in [5.41, 5.74) is 2.73. The Morgan fingerprint density at radius 2 is 2.00 bits per heavy atom. The van der Waals surface area contributed by atoms with Gasteiger partial charge in [0.25, 0.3) is 5.82 Å². The second kappa shape index (κ2) is 3.89. The molecule has 0 bridgehead atoms. The van der Waals surface area contributed by atoms with Gasteiger partial charge in [-0.15, -0.1) is 0 Å². The maximum absolute atomic E-state index is 2.20. The molecule has 2 aromatic rings. The van der Waals surface area contributed by atoms with Crippen LogP contribution in [0.1, 0.15) is 12.5 Å². The molecule has 2 rings (SSSR count). The van der Waals surface area contributed by atoms with Crippen molar-refractivity contribution in [1.29, 1.82) is 0 Å². The summed E-state index contributed by atoms with van der Waals surface area (Å²) in [5.74, 6) is 1.26. The van der Waals surface area contributed by atoms with Crippen molar-refractivity contribution >= 4 is 0 Å². The Bertz CT molecular complexity index is 450. The highest BCUT2D eigenvalue weighted by Crippen LogP contribution is 2.20. The van der Waals surface area contributed by atoms with E-state index < -0.39 is 0 Å². The number of benzene rings is 1. The predicted molar refractivity (Wildman–Crippen MR) is 61.4 cm³/mol. The molecule has 0 atom stereocenters. The Balaban J connectivity index is 2.63. The highest BCUT2D eigenvalue weighted by Gasteiger charge is 2.16. The van der Waals surface area contributed by atoms with Gasteiger partial charge < -0.3 is 0 Å². The molecule has 0 aliphatic carbocycles. The number of rotatable bonds is 2. The van der Waals surface area contributed by atoms with E-state index in [0.717, 1.165) is 6.42 Å². The van der Waals surface area contributed by atoms with Crippen LogP contribution < -0.4 is 4.57 Å². The van der Waals surface area contributed by atoms with Crippen LogP contribution in [0.2, 0.25) is 0 Å². The fourth-order valence-electron chi connectivity index (χ4n) is 2.02. The zero-order valence-corrected chi connectivity index (χ0v) is 9.57. The SMILES string of the molecule is CCc1ccccc1-c1n(C)cc[n+]1C. The summed E-state index contributed by atoms with van der Waals surface area (Å²) in [6.45, 7) is 2.20. The Hall–Kier alpha value is -1.57. The first-order valence-electron chi connectivity index (χ1n) is 5.33. The van der Waals surface area contributed by atoms with Crippen LogP contribution in [0, 0.1) is 0 Å². The maximum atomic E-state index is 2.20. The first kappa shape index (κ1) is 9.97. The number of nitrogens with zero attached hydrogens (tertiary/aromatic N) is 2. The zero-order valence-electron chi connectivity index (χ0n) is 9.57. The van der Waals surface area contributed by atoms with Gasteiger partial charge in [-0.1, -0.05) is 25.1 Å². The average molecular weight is 201 g/mol. The van der Waals surface area contributed by atoms with Crippen LogP contribution in [0.25, 0.3) is 11.4 Å². The second-order valence-corrected chi connectivity index (χ2v) is 3.85. The topological polar surface area (TPSA) is 8.81 Å². The lowest BCUT2D eigenvalue weighted by molar-refractivity contribution is -0.659. The lowest BCUT2D eigenvalue weighted by Gasteiger charge is -2.04. The van der Waals surface area contributed by atoms with E-state index >= 15 is 0 Å². The van der Waals surface area contributed by atoms with Crippen LogP contribution in [0.4, 0.5) is 0 Å². The van der Waals surface area contributed by atoms with Gasteiger partial charge in [-0.25, -0.2) is 9.13 Å². The summed E-state index contributed by atoms with van der Waals surface area (Å²) in [4.78, 5) is 0. The third-order valence-corrected chi connectivity index (χ3v) is 2.82. The number of imidazole rings is 1. The van der Waals surface area contributed by atoms with Gasteiger partial charge in [0.2, 0.25) is 0 Å². The van der Waals surface area contributed by atoms with Crippen molar-refractivity contribution in [2.75, 3.05) is 0 Å². The number of aryl methyl sites for hydroxylation is 3. The smallest absolute Gasteiger partial charge is 0.233 e. The lowest BCUT2D eigenvalue weighted by Crippen LogP contribution is -2.29. The van der Waals surface area contributed by atoms with Crippen molar-refractivity contribution in [3.05, 3.63) is 42.2 Å². The van der Waals surface area contributed by atoms with Crippen LogP contribution >= 0.6 is 0 Å². The molecule has 0 saturated carbocycles. The molecule has 0 spiro atoms. The molecular weight excluding hydrogens is 184 g/mol. The third-order valence-electron chi connectivity index (χ3n) is 2.82. The molecule has 0 amide bonds. The summed E-state index contributed by atoms with van der Waals surface area (Å²) < 4.78 is 4.32. The van der Waals surface area contributed by atoms with E-state index in [1.54, 1.807) is 0 Å². The van der Waals surface area contributed by atoms with Crippen LogP contribution in [-0.4, -0.2) is 4.57 Å². The molecule has 0 aliphatic heterocycles. The summed E-state index contributed by atoms with van der Waals surface area (Å²) in [6, 6.07) is 8.59. The van der Waals surface area contributed by atoms with E-state index in [1.165, 1.54) is 17.0 Å². The Morgan fingerprint density at radius 1 is 1.27 bits per heavy atom. The summed E-state index contributed by atoms with van der Waals surface area (Å²) >= 11 is 0. The summed E-state index contributed by atoms with van der Waals surface area (Å²) in [5, 5.41) is 0. The van der Waals surface area contributed by atoms with Crippen LogP contribution in [0.15, 0.2) is 36.7 Å². The Kier molecular flexibility index (Phi) is 2.58. The molecular formula is C13H17N2+. The molecule has 0 fully saturated rings. The number of hydrogen-bond acceptors (Lipinski definition) is 0. The minimum absolute atomic E-state index is 1.07. The normalized spacial score (nSPS) is 10.6. The van der Waals surface area contributed by atoms with E-state index in [-0.39, 0.29) is 0 Å². The molecule has 15 heavy (non-hydrogen) atoms. The van der Waals surface area contributed by atoms with Gasteiger partial charge in [-0.3, -0.25) is 0 Å². The molecule has 1 heterocycles. The van der Waals surface area contributed by atoms with Crippen molar-refractivity contribution in [2.24, 2.45) is 14.1 Å². The van der Waals surface area contributed by atoms with Crippen LogP contribution in [0.3, 0.4) is 0 Å². The maximum Gasteiger partial charge on any atom is 0.288 e. The van der Waals surface area contributed by atoms with Gasteiger partial charge in [0, 0.05) is 0 Å². The Labute approximate surface area is 90.8 Å². The first-order valence-corrected chi connectivity index (χ1v) is 5.33. The van der Waals surface area contributed by atoms with Gasteiger partial charge in [0.15, 0.2) is 0 Å². The molecule has 0 saturated heterocycles. The summed E-state index contributed by atoms with van der Waals surface area (Å²) in [6.07, 6.45) is 5.24. The molecule has 2 heteroatoms. The van der Waals surface area contributed by atoms with Crippen molar-refractivity contribution in [2.45, 2.75) is 13.3 Å². The minimum atomic E-state index is 1.07. The predicted octanol–water partition coefficient (Wildman–Crippen LogP) is 2.08. The molecule has 0 N–H and O–H groups in total. The van der Waals surface area contributed by atoms with Crippen molar-refractivity contribution in [3.63, 3.8) is 0 Å². The zero-order chi connectivity index (χ0) is 10.8. The highest BCUT2D eigenvalue weighted by molar-refractivity contribution is 5.58. The average Bonchev–Trinajstić information content (AvgIpc) is 2.59. The third kappa shape index (κ3) is 1.67. The molecule has 78 valence electrons. The molecule has 0 unspecified atom stereocenters. The van der Waals surface area contributed by atoms with E-state index in [4.69, 9.17) is 0 Å². The van der Waals surface area contributed by atoms with Crippen molar-refractivity contribution in [3.8, 4) is 11.4 Å². The summed E-state index contributed by atoms with van der Waals surface area (Å²) in [7, 11) is 4.17. The minimum Gasteiger partial charge on any atom is -0.233 e. The second-order valence-electron chi connectivity index (χ2n) is 3.85. The fourth-order valence-corrected chi connectivity index (χ4v) is 2.02. The van der Waals surface area contributed by atoms with E-state index in [2.05, 4.69) is 66.8 Å². The molecule has 1 aromatic carbocycles. The molecule has 2 nitrogen and oxygen atoms in total. The van der Waals surface area contributed by atoms with E-state index in [9.17, 15) is 0 Å². The van der Waals surface area contributed by atoms with Gasteiger partial charge in [0.05, 0.1) is 19.7 Å². The lowest BCUT2D eigenvalue weighted by atomic mass is 10.0. The number of hydrogen-bond donors (Lipinski definition) is 0. The van der Waals surface area contributed by atoms with Crippen LogP contribution in [-0.2, 0) is 20.5 Å². The standard InChI is InChI=1S/C13H17N2/c1-4-11-7-5-6-8-12(11)13-14(2)9-10-15(13)3/h5-10H,4H2,1-3H3/q+1. The van der Waals surface area contributed by atoms with Gasteiger partial charge in [-0.05, 0) is 18.1 Å². The van der Waals surface area contributed by atoms with Gasteiger partial charge >= 0.3 is 0 Å². The first-order chi connectivity index (χ1) is 7.24.